The minimum atomic E-state index is -6.60. The normalized spacial score (nSPS) is 14.8. The maximum absolute atomic E-state index is 11.5. The molecule has 0 bridgehead atoms. The van der Waals surface area contributed by atoms with Gasteiger partial charge in [-0.1, -0.05) is 18.0 Å². The maximum Gasteiger partial charge on any atom is 0.512 e. The fraction of sp³-hybridized carbons (Fsp3) is 0.875. The van der Waals surface area contributed by atoms with Gasteiger partial charge in [-0.25, -0.2) is 16.8 Å². The van der Waals surface area contributed by atoms with E-state index in [9.17, 15) is 48.0 Å². The number of aliphatic carboxylic acids is 1. The van der Waals surface area contributed by atoms with E-state index in [0.717, 1.165) is 0 Å². The van der Waals surface area contributed by atoms with Gasteiger partial charge in [0.2, 0.25) is 0 Å². The van der Waals surface area contributed by atoms with Crippen molar-refractivity contribution in [3.8, 4) is 0 Å². The molecule has 146 valence electrons. The van der Waals surface area contributed by atoms with E-state index in [0.29, 0.717) is 12.3 Å². The number of nitrogens with one attached hydrogen (secondary N) is 1. The summed E-state index contributed by atoms with van der Waals surface area (Å²) < 4.78 is 108. The van der Waals surface area contributed by atoms with Gasteiger partial charge in [-0.15, -0.1) is 0 Å². The molecule has 0 radical (unpaired) electrons. The lowest BCUT2D eigenvalue weighted by Gasteiger charge is -2.11. The molecule has 0 aliphatic heterocycles. The van der Waals surface area contributed by atoms with E-state index in [1.165, 1.54) is 0 Å². The number of carboxylic acids is 1. The van der Waals surface area contributed by atoms with Crippen molar-refractivity contribution >= 4 is 26.0 Å². The number of hydrogen-bond acceptors (Lipinski definition) is 6. The number of rotatable bonds is 5. The summed E-state index contributed by atoms with van der Waals surface area (Å²) in [5.41, 5.74) is -7.08. The molecule has 16 heteroatoms. The lowest BCUT2D eigenvalue weighted by atomic mass is 10.1. The molecule has 8 nitrogen and oxygen atoms in total. The highest BCUT2D eigenvalue weighted by atomic mass is 32.3. The second-order valence-electron chi connectivity index (χ2n) is 4.56. The third-order valence-corrected chi connectivity index (χ3v) is 4.85. The Balaban J connectivity index is 0. The van der Waals surface area contributed by atoms with Crippen molar-refractivity contribution in [1.82, 2.24) is 4.13 Å². The van der Waals surface area contributed by atoms with Crippen LogP contribution in [0.4, 0.5) is 26.3 Å². The van der Waals surface area contributed by atoms with Gasteiger partial charge >= 0.3 is 37.0 Å². The molecule has 4 N–H and O–H groups in total. The Morgan fingerprint density at radius 3 is 1.42 bits per heavy atom. The van der Waals surface area contributed by atoms with Crippen LogP contribution in [0.2, 0.25) is 0 Å². The Bertz CT molecular complexity index is 582. The lowest BCUT2D eigenvalue weighted by molar-refractivity contribution is -0.138. The summed E-state index contributed by atoms with van der Waals surface area (Å²) in [7, 11) is -13.2. The summed E-state index contributed by atoms with van der Waals surface area (Å²) in [6.07, 6.45) is 0.551. The molecule has 0 spiro atoms. The van der Waals surface area contributed by atoms with Crippen molar-refractivity contribution in [3.63, 3.8) is 0 Å². The zero-order chi connectivity index (χ0) is 20.1. The minimum absolute atomic E-state index is 0.357. The molecule has 0 amide bonds. The van der Waals surface area contributed by atoms with Gasteiger partial charge in [0.25, 0.3) is 0 Å². The summed E-state index contributed by atoms with van der Waals surface area (Å²) in [6, 6.07) is -0.690. The van der Waals surface area contributed by atoms with E-state index < -0.39 is 47.2 Å². The first-order valence-corrected chi connectivity index (χ1v) is 8.60. The Labute approximate surface area is 133 Å². The number of nitrogens with two attached hydrogens (primary N) is 1. The average molecular weight is 412 g/mol. The second kappa shape index (κ2) is 8.30. The van der Waals surface area contributed by atoms with Crippen molar-refractivity contribution in [1.29, 1.82) is 0 Å². The fourth-order valence-corrected chi connectivity index (χ4v) is 2.76. The van der Waals surface area contributed by atoms with Crippen LogP contribution in [0.5, 0.6) is 0 Å². The molecule has 0 rings (SSSR count). The van der Waals surface area contributed by atoms with E-state index in [2.05, 4.69) is 0 Å². The molecule has 0 saturated carbocycles. The van der Waals surface area contributed by atoms with E-state index in [1.54, 1.807) is 0 Å². The van der Waals surface area contributed by atoms with Gasteiger partial charge in [0.1, 0.15) is 6.04 Å². The Morgan fingerprint density at radius 1 is 1.00 bits per heavy atom. The predicted octanol–water partition coefficient (Wildman–Crippen LogP) is 0.720. The summed E-state index contributed by atoms with van der Waals surface area (Å²) in [5.74, 6) is -0.556. The quantitative estimate of drug-likeness (QED) is 0.565. The third-order valence-electron chi connectivity index (χ3n) is 1.87. The first-order valence-electron chi connectivity index (χ1n) is 5.64. The Kier molecular flexibility index (Phi) is 8.69. The number of halogens is 6. The number of hydrogen-bond donors (Lipinski definition) is 3. The van der Waals surface area contributed by atoms with Gasteiger partial charge in [0, 0.05) is 0 Å². The highest BCUT2D eigenvalue weighted by Crippen LogP contribution is 2.27. The topological polar surface area (TPSA) is 144 Å². The van der Waals surface area contributed by atoms with Crippen LogP contribution in [-0.4, -0.2) is 45.0 Å². The molecule has 0 aromatic heterocycles. The highest BCUT2D eigenvalue weighted by molar-refractivity contribution is 8.05. The summed E-state index contributed by atoms with van der Waals surface area (Å²) in [5, 5.41) is 8.31. The summed E-state index contributed by atoms with van der Waals surface area (Å²) >= 11 is 0. The van der Waals surface area contributed by atoms with Crippen molar-refractivity contribution in [2.45, 2.75) is 37.3 Å². The van der Waals surface area contributed by atoms with Gasteiger partial charge < -0.3 is 10.8 Å². The largest absolute Gasteiger partial charge is 0.512 e. The smallest absolute Gasteiger partial charge is 0.480 e. The van der Waals surface area contributed by atoms with Crippen LogP contribution in [0.1, 0.15) is 20.3 Å². The van der Waals surface area contributed by atoms with Gasteiger partial charge in [0.15, 0.2) is 0 Å². The fourth-order valence-electron chi connectivity index (χ4n) is 0.848. The van der Waals surface area contributed by atoms with Gasteiger partial charge in [-0.3, -0.25) is 4.79 Å². The first-order chi connectivity index (χ1) is 10.2. The zero-order valence-corrected chi connectivity index (χ0v) is 13.6. The first kappa shape index (κ1) is 25.1. The van der Waals surface area contributed by atoms with Gasteiger partial charge in [-0.05, 0) is 12.3 Å². The van der Waals surface area contributed by atoms with Gasteiger partial charge in [0.05, 0.1) is 0 Å². The van der Waals surface area contributed by atoms with Crippen LogP contribution in [0.15, 0.2) is 0 Å². The minimum Gasteiger partial charge on any atom is -0.480 e. The third kappa shape index (κ3) is 8.65. The van der Waals surface area contributed by atoms with Crippen molar-refractivity contribution in [2.24, 2.45) is 11.7 Å². The highest BCUT2D eigenvalue weighted by Gasteiger charge is 2.55. The molecule has 0 aromatic carbocycles. The van der Waals surface area contributed by atoms with E-state index in [-0.39, 0.29) is 0 Å². The second-order valence-corrected chi connectivity index (χ2v) is 8.16. The number of carboxylic acid groups (broad SMARTS) is 1. The van der Waals surface area contributed by atoms with Crippen LogP contribution >= 0.6 is 0 Å². The monoisotopic (exact) mass is 412 g/mol. The molecule has 24 heavy (non-hydrogen) atoms. The van der Waals surface area contributed by atoms with E-state index in [4.69, 9.17) is 10.8 Å². The van der Waals surface area contributed by atoms with Crippen molar-refractivity contribution in [3.05, 3.63) is 0 Å². The Hall–Kier alpha value is -1.13. The SMILES string of the molecule is CC(C)C[C@@H](N)C(=O)O.O=S(=O)(NS(=O)(=O)C(F)(F)F)C(F)(F)F. The molecule has 0 unspecified atom stereocenters. The molecule has 0 aromatic rings. The number of alkyl halides is 6. The van der Waals surface area contributed by atoms with Crippen LogP contribution in [0.25, 0.3) is 0 Å². The average Bonchev–Trinajstić information content (AvgIpc) is 2.23. The van der Waals surface area contributed by atoms with Crippen LogP contribution in [-0.2, 0) is 24.8 Å². The van der Waals surface area contributed by atoms with Crippen LogP contribution in [0.3, 0.4) is 0 Å². The standard InChI is InChI=1S/C6H13NO2.C2HF6NO4S2/c1-4(2)3-5(7)6(8)9;3-1(4,5)14(10,11)9-15(12,13)2(6,7)8/h4-5H,3,7H2,1-2H3,(H,8,9);9H/t5-;/m1./s1. The molecule has 0 aliphatic rings. The molecule has 0 aliphatic carbocycles. The number of sulfonamides is 2. The summed E-state index contributed by atoms with van der Waals surface area (Å²) in [6.45, 7) is 3.89. The summed E-state index contributed by atoms with van der Waals surface area (Å²) in [4.78, 5) is 10.1. The molecule has 0 heterocycles. The van der Waals surface area contributed by atoms with Crippen LogP contribution < -0.4 is 9.86 Å². The lowest BCUT2D eigenvalue weighted by Crippen LogP contribution is -2.45. The molecule has 0 fully saturated rings. The van der Waals surface area contributed by atoms with Crippen molar-refractivity contribution < 1.29 is 53.1 Å². The number of carbonyl (C=O) groups is 1. The predicted molar refractivity (Wildman–Crippen MR) is 68.2 cm³/mol. The van der Waals surface area contributed by atoms with Gasteiger partial charge in [-0.2, -0.15) is 26.3 Å². The zero-order valence-electron chi connectivity index (χ0n) is 12.0. The molecular weight excluding hydrogens is 398 g/mol. The molecule has 1 atom stereocenters. The molecular formula is C8H14F6N2O6S2. The maximum atomic E-state index is 11.5. The van der Waals surface area contributed by atoms with E-state index in [1.807, 2.05) is 13.8 Å². The van der Waals surface area contributed by atoms with Crippen LogP contribution in [0, 0.1) is 5.92 Å². The van der Waals surface area contributed by atoms with E-state index >= 15 is 0 Å². The van der Waals surface area contributed by atoms with Crippen molar-refractivity contribution in [2.75, 3.05) is 0 Å². The molecule has 0 saturated heterocycles. The Morgan fingerprint density at radius 2 is 1.29 bits per heavy atom.